The van der Waals surface area contributed by atoms with Gasteiger partial charge in [0.25, 0.3) is 0 Å². The van der Waals surface area contributed by atoms with E-state index in [4.69, 9.17) is 15.7 Å². The molecule has 0 atom stereocenters. The van der Waals surface area contributed by atoms with Crippen molar-refractivity contribution in [3.05, 3.63) is 36.5 Å². The molecule has 0 amide bonds. The van der Waals surface area contributed by atoms with Crippen molar-refractivity contribution in [1.29, 1.82) is 5.26 Å². The SMILES string of the molecule is COc1cncc(O)c1-c1cc(Nc2cnc(C#N)cn2)n[nH]1.NC1CCC1. The van der Waals surface area contributed by atoms with Gasteiger partial charge >= 0.3 is 0 Å². The molecule has 0 spiro atoms. The van der Waals surface area contributed by atoms with E-state index in [1.54, 1.807) is 6.07 Å². The normalized spacial score (nSPS) is 12.9. The maximum Gasteiger partial charge on any atom is 0.158 e. The van der Waals surface area contributed by atoms with Gasteiger partial charge in [0.05, 0.1) is 43.2 Å². The van der Waals surface area contributed by atoms with Crippen LogP contribution in [0.1, 0.15) is 25.0 Å². The van der Waals surface area contributed by atoms with Crippen molar-refractivity contribution in [2.75, 3.05) is 12.4 Å². The first kappa shape index (κ1) is 19.1. The van der Waals surface area contributed by atoms with Crippen molar-refractivity contribution in [2.45, 2.75) is 25.3 Å². The molecule has 0 bridgehead atoms. The van der Waals surface area contributed by atoms with Crippen molar-refractivity contribution in [3.63, 3.8) is 0 Å². The number of hydrogen-bond donors (Lipinski definition) is 4. The van der Waals surface area contributed by atoms with Crippen LogP contribution < -0.4 is 15.8 Å². The maximum atomic E-state index is 9.97. The highest BCUT2D eigenvalue weighted by Gasteiger charge is 2.15. The van der Waals surface area contributed by atoms with Crippen molar-refractivity contribution in [3.8, 4) is 28.8 Å². The van der Waals surface area contributed by atoms with Crippen LogP contribution in [0.15, 0.2) is 30.9 Å². The monoisotopic (exact) mass is 380 g/mol. The summed E-state index contributed by atoms with van der Waals surface area (Å²) in [5.41, 5.74) is 6.60. The molecule has 0 saturated heterocycles. The number of anilines is 2. The predicted molar refractivity (Wildman–Crippen MR) is 102 cm³/mol. The number of aromatic nitrogens is 5. The second kappa shape index (κ2) is 8.79. The van der Waals surface area contributed by atoms with Crippen LogP contribution >= 0.6 is 0 Å². The topological polar surface area (TPSA) is 159 Å². The van der Waals surface area contributed by atoms with E-state index in [0.717, 1.165) is 0 Å². The number of H-pyrrole nitrogens is 1. The molecule has 1 aliphatic carbocycles. The maximum absolute atomic E-state index is 9.97. The van der Waals surface area contributed by atoms with E-state index in [-0.39, 0.29) is 11.4 Å². The second-order valence-electron chi connectivity index (χ2n) is 6.12. The first-order chi connectivity index (χ1) is 13.6. The molecule has 1 fully saturated rings. The van der Waals surface area contributed by atoms with Crippen LogP contribution in [0.3, 0.4) is 0 Å². The van der Waals surface area contributed by atoms with Crippen LogP contribution in [-0.2, 0) is 0 Å². The number of aromatic amines is 1. The first-order valence-corrected chi connectivity index (χ1v) is 8.62. The average Bonchev–Trinajstić information content (AvgIpc) is 3.15. The molecular formula is C18H20N8O2. The number of rotatable bonds is 4. The summed E-state index contributed by atoms with van der Waals surface area (Å²) in [6.45, 7) is 0. The van der Waals surface area contributed by atoms with E-state index < -0.39 is 0 Å². The highest BCUT2D eigenvalue weighted by molar-refractivity contribution is 5.75. The number of nitriles is 1. The summed E-state index contributed by atoms with van der Waals surface area (Å²) in [4.78, 5) is 11.8. The zero-order chi connectivity index (χ0) is 19.9. The van der Waals surface area contributed by atoms with Gasteiger partial charge in [0.15, 0.2) is 11.5 Å². The molecule has 1 saturated carbocycles. The van der Waals surface area contributed by atoms with Crippen LogP contribution in [0.2, 0.25) is 0 Å². The van der Waals surface area contributed by atoms with Crippen molar-refractivity contribution in [1.82, 2.24) is 25.1 Å². The largest absolute Gasteiger partial charge is 0.505 e. The number of hydrogen-bond acceptors (Lipinski definition) is 9. The fourth-order valence-corrected chi connectivity index (χ4v) is 2.39. The lowest BCUT2D eigenvalue weighted by Crippen LogP contribution is -2.27. The van der Waals surface area contributed by atoms with Crippen molar-refractivity contribution >= 4 is 11.6 Å². The molecule has 3 heterocycles. The lowest BCUT2D eigenvalue weighted by molar-refractivity contribution is 0.407. The van der Waals surface area contributed by atoms with Gasteiger partial charge < -0.3 is 20.9 Å². The quantitative estimate of drug-likeness (QED) is 0.531. The number of nitrogens with one attached hydrogen (secondary N) is 2. The molecule has 0 unspecified atom stereocenters. The summed E-state index contributed by atoms with van der Waals surface area (Å²) in [5.74, 6) is 1.29. The van der Waals surface area contributed by atoms with Crippen LogP contribution in [0, 0.1) is 11.3 Å². The van der Waals surface area contributed by atoms with Gasteiger partial charge in [0.1, 0.15) is 23.4 Å². The van der Waals surface area contributed by atoms with Crippen LogP contribution in [0.4, 0.5) is 11.6 Å². The molecule has 28 heavy (non-hydrogen) atoms. The van der Waals surface area contributed by atoms with Gasteiger partial charge in [-0.25, -0.2) is 9.97 Å². The van der Waals surface area contributed by atoms with Gasteiger partial charge in [-0.1, -0.05) is 6.42 Å². The minimum absolute atomic E-state index is 0.0299. The minimum atomic E-state index is -0.0299. The summed E-state index contributed by atoms with van der Waals surface area (Å²) >= 11 is 0. The molecule has 0 aromatic carbocycles. The Morgan fingerprint density at radius 2 is 2.04 bits per heavy atom. The molecule has 4 rings (SSSR count). The zero-order valence-corrected chi connectivity index (χ0v) is 15.3. The molecule has 3 aromatic rings. The van der Waals surface area contributed by atoms with E-state index in [9.17, 15) is 5.11 Å². The number of aromatic hydroxyl groups is 1. The first-order valence-electron chi connectivity index (χ1n) is 8.62. The fraction of sp³-hybridized carbons (Fsp3) is 0.278. The Morgan fingerprint density at radius 1 is 1.25 bits per heavy atom. The van der Waals surface area contributed by atoms with Crippen molar-refractivity contribution < 1.29 is 9.84 Å². The molecule has 10 heteroatoms. The van der Waals surface area contributed by atoms with E-state index in [1.807, 2.05) is 6.07 Å². The highest BCUT2D eigenvalue weighted by atomic mass is 16.5. The summed E-state index contributed by atoms with van der Waals surface area (Å²) in [5, 5.41) is 28.5. The van der Waals surface area contributed by atoms with Gasteiger partial charge in [-0.05, 0) is 12.8 Å². The van der Waals surface area contributed by atoms with Crippen LogP contribution in [0.5, 0.6) is 11.5 Å². The summed E-state index contributed by atoms with van der Waals surface area (Å²) < 4.78 is 5.19. The smallest absolute Gasteiger partial charge is 0.158 e. The number of nitrogens with two attached hydrogens (primary N) is 1. The zero-order valence-electron chi connectivity index (χ0n) is 15.3. The number of nitrogens with zero attached hydrogens (tertiary/aromatic N) is 5. The average molecular weight is 380 g/mol. The fourth-order valence-electron chi connectivity index (χ4n) is 2.39. The van der Waals surface area contributed by atoms with E-state index in [0.29, 0.717) is 34.7 Å². The van der Waals surface area contributed by atoms with Gasteiger partial charge in [0.2, 0.25) is 0 Å². The van der Waals surface area contributed by atoms with Gasteiger partial charge in [-0.3, -0.25) is 10.1 Å². The predicted octanol–water partition coefficient (Wildman–Crippen LogP) is 2.09. The second-order valence-corrected chi connectivity index (χ2v) is 6.12. The van der Waals surface area contributed by atoms with Crippen LogP contribution in [0.25, 0.3) is 11.3 Å². The van der Waals surface area contributed by atoms with Crippen molar-refractivity contribution in [2.24, 2.45) is 5.73 Å². The van der Waals surface area contributed by atoms with E-state index in [1.165, 1.54) is 51.2 Å². The molecule has 10 nitrogen and oxygen atoms in total. The third kappa shape index (κ3) is 4.52. The highest BCUT2D eigenvalue weighted by Crippen LogP contribution is 2.36. The third-order valence-electron chi connectivity index (χ3n) is 4.13. The van der Waals surface area contributed by atoms with Gasteiger partial charge in [0, 0.05) is 12.1 Å². The number of ether oxygens (including phenoxy) is 1. The summed E-state index contributed by atoms with van der Waals surface area (Å²) in [7, 11) is 1.49. The Kier molecular flexibility index (Phi) is 5.98. The molecule has 3 aromatic heterocycles. The number of methoxy groups -OCH3 is 1. The molecule has 1 aliphatic rings. The lowest BCUT2D eigenvalue weighted by Gasteiger charge is -2.18. The lowest BCUT2D eigenvalue weighted by atomic mass is 9.95. The van der Waals surface area contributed by atoms with Gasteiger partial charge in [-0.15, -0.1) is 0 Å². The van der Waals surface area contributed by atoms with Gasteiger partial charge in [-0.2, -0.15) is 10.4 Å². The summed E-state index contributed by atoms with van der Waals surface area (Å²) in [6.07, 6.45) is 9.49. The molecule has 0 aliphatic heterocycles. The van der Waals surface area contributed by atoms with E-state index >= 15 is 0 Å². The van der Waals surface area contributed by atoms with E-state index in [2.05, 4.69) is 30.5 Å². The Balaban J connectivity index is 0.000000391. The molecule has 0 radical (unpaired) electrons. The standard InChI is InChI=1S/C14H11N7O2.C4H9N/c1-23-11-6-16-5-10(22)14(11)9-2-12(21-20-9)19-13-7-17-8(3-15)4-18-13;5-4-2-1-3-4/h2,4-7,22H,1H3,(H2,18,19,20,21);4H,1-3,5H2. The Hall–Kier alpha value is -3.71. The molecule has 144 valence electrons. The molecular weight excluding hydrogens is 360 g/mol. The van der Waals surface area contributed by atoms with Crippen LogP contribution in [-0.4, -0.2) is 43.4 Å². The number of pyridine rings is 1. The Labute approximate surface area is 161 Å². The Morgan fingerprint density at radius 3 is 2.61 bits per heavy atom. The summed E-state index contributed by atoms with van der Waals surface area (Å²) in [6, 6.07) is 4.13. The Bertz CT molecular complexity index is 960. The third-order valence-corrected chi connectivity index (χ3v) is 4.13. The molecule has 5 N–H and O–H groups in total. The minimum Gasteiger partial charge on any atom is -0.505 e.